The van der Waals surface area contributed by atoms with Gasteiger partial charge in [-0.15, -0.1) is 0 Å². The van der Waals surface area contributed by atoms with Crippen molar-refractivity contribution in [3.05, 3.63) is 35.9 Å². The predicted molar refractivity (Wildman–Crippen MR) is 111 cm³/mol. The van der Waals surface area contributed by atoms with Crippen molar-refractivity contribution >= 4 is 22.0 Å². The zero-order valence-electron chi connectivity index (χ0n) is 17.1. The van der Waals surface area contributed by atoms with E-state index in [0.717, 1.165) is 18.4 Å². The zero-order valence-corrected chi connectivity index (χ0v) is 17.9. The Morgan fingerprint density at radius 2 is 1.83 bits per heavy atom. The van der Waals surface area contributed by atoms with E-state index in [-0.39, 0.29) is 23.3 Å². The van der Waals surface area contributed by atoms with E-state index in [1.54, 1.807) is 49.1 Å². The molecule has 0 bridgehead atoms. The molecule has 1 saturated heterocycles. The van der Waals surface area contributed by atoms with Crippen LogP contribution in [0, 0.1) is 11.3 Å². The molecule has 0 radical (unpaired) electrons. The number of benzene rings is 1. The van der Waals surface area contributed by atoms with E-state index in [2.05, 4.69) is 6.07 Å². The lowest BCUT2D eigenvalue weighted by Gasteiger charge is -2.33. The molecule has 1 aliphatic heterocycles. The molecule has 1 aliphatic rings. The molecule has 1 aromatic rings. The summed E-state index contributed by atoms with van der Waals surface area (Å²) >= 11 is 0. The van der Waals surface area contributed by atoms with E-state index >= 15 is 0 Å². The van der Waals surface area contributed by atoms with E-state index in [0.29, 0.717) is 32.8 Å². The highest BCUT2D eigenvalue weighted by molar-refractivity contribution is 7.89. The van der Waals surface area contributed by atoms with Crippen LogP contribution in [0.25, 0.3) is 6.08 Å². The Bertz CT molecular complexity index is 834. The molecule has 2 rings (SSSR count). The van der Waals surface area contributed by atoms with Gasteiger partial charge in [0.1, 0.15) is 0 Å². The number of amides is 1. The fourth-order valence-electron chi connectivity index (χ4n) is 3.37. The molecule has 1 aromatic carbocycles. The highest BCUT2D eigenvalue weighted by Gasteiger charge is 2.24. The van der Waals surface area contributed by atoms with Crippen LogP contribution in [0.4, 0.5) is 0 Å². The van der Waals surface area contributed by atoms with Crippen molar-refractivity contribution in [3.8, 4) is 6.07 Å². The SMILES string of the molecule is CCN(CC)S(=O)(=O)c1ccc(/C=C/C(=O)N(CCC#N)C2CCOCC2)cc1. The molecule has 7 nitrogen and oxygen atoms in total. The maximum absolute atomic E-state index is 12.7. The highest BCUT2D eigenvalue weighted by Crippen LogP contribution is 2.18. The monoisotopic (exact) mass is 419 g/mol. The Morgan fingerprint density at radius 1 is 1.21 bits per heavy atom. The van der Waals surface area contributed by atoms with Gasteiger partial charge in [0.25, 0.3) is 0 Å². The summed E-state index contributed by atoms with van der Waals surface area (Å²) < 4.78 is 31.9. The van der Waals surface area contributed by atoms with Gasteiger partial charge in [-0.05, 0) is 36.6 Å². The molecule has 0 atom stereocenters. The van der Waals surface area contributed by atoms with Gasteiger partial charge in [-0.3, -0.25) is 4.79 Å². The normalized spacial score (nSPS) is 15.5. The molecular formula is C21H29N3O4S. The van der Waals surface area contributed by atoms with Crippen LogP contribution in [0.15, 0.2) is 35.2 Å². The molecule has 1 heterocycles. The van der Waals surface area contributed by atoms with Gasteiger partial charge in [0.15, 0.2) is 0 Å². The first kappa shape index (κ1) is 23.1. The second-order valence-electron chi connectivity index (χ2n) is 6.77. The number of sulfonamides is 1. The van der Waals surface area contributed by atoms with Crippen LogP contribution in [0.1, 0.15) is 38.7 Å². The smallest absolute Gasteiger partial charge is 0.246 e. The summed E-state index contributed by atoms with van der Waals surface area (Å²) in [5.74, 6) is -0.146. The van der Waals surface area contributed by atoms with Gasteiger partial charge in [-0.25, -0.2) is 8.42 Å². The van der Waals surface area contributed by atoms with E-state index in [4.69, 9.17) is 10.00 Å². The van der Waals surface area contributed by atoms with Gasteiger partial charge >= 0.3 is 0 Å². The van der Waals surface area contributed by atoms with Gasteiger partial charge < -0.3 is 9.64 Å². The van der Waals surface area contributed by atoms with Crippen molar-refractivity contribution in [1.29, 1.82) is 5.26 Å². The van der Waals surface area contributed by atoms with Gasteiger partial charge in [0.05, 0.1) is 17.4 Å². The molecule has 0 unspecified atom stereocenters. The second-order valence-corrected chi connectivity index (χ2v) is 8.71. The summed E-state index contributed by atoms with van der Waals surface area (Å²) in [7, 11) is -3.50. The van der Waals surface area contributed by atoms with Crippen LogP contribution in [0.2, 0.25) is 0 Å². The van der Waals surface area contributed by atoms with E-state index in [1.165, 1.54) is 10.4 Å². The van der Waals surface area contributed by atoms with Crippen LogP contribution >= 0.6 is 0 Å². The molecule has 8 heteroatoms. The lowest BCUT2D eigenvalue weighted by atomic mass is 10.1. The molecule has 0 aliphatic carbocycles. The first-order chi connectivity index (χ1) is 13.9. The zero-order chi connectivity index (χ0) is 21.3. The minimum absolute atomic E-state index is 0.0795. The summed E-state index contributed by atoms with van der Waals surface area (Å²) in [6.45, 7) is 6.08. The Balaban J connectivity index is 2.11. The average Bonchev–Trinajstić information content (AvgIpc) is 2.74. The predicted octanol–water partition coefficient (Wildman–Crippen LogP) is 2.65. The average molecular weight is 420 g/mol. The molecule has 29 heavy (non-hydrogen) atoms. The number of hydrogen-bond acceptors (Lipinski definition) is 5. The molecule has 158 valence electrons. The number of carbonyl (C=O) groups is 1. The number of hydrogen-bond donors (Lipinski definition) is 0. The van der Waals surface area contributed by atoms with Crippen molar-refractivity contribution in [2.45, 2.75) is 44.0 Å². The van der Waals surface area contributed by atoms with Crippen molar-refractivity contribution in [3.63, 3.8) is 0 Å². The van der Waals surface area contributed by atoms with Crippen molar-refractivity contribution in [2.24, 2.45) is 0 Å². The summed E-state index contributed by atoms with van der Waals surface area (Å²) in [6, 6.07) is 8.67. The van der Waals surface area contributed by atoms with E-state index in [9.17, 15) is 13.2 Å². The Hall–Kier alpha value is -2.21. The first-order valence-corrected chi connectivity index (χ1v) is 11.4. The summed E-state index contributed by atoms with van der Waals surface area (Å²) in [5.41, 5.74) is 0.740. The third-order valence-electron chi connectivity index (χ3n) is 5.02. The minimum Gasteiger partial charge on any atom is -0.381 e. The van der Waals surface area contributed by atoms with E-state index in [1.807, 2.05) is 0 Å². The largest absolute Gasteiger partial charge is 0.381 e. The number of carbonyl (C=O) groups excluding carboxylic acids is 1. The van der Waals surface area contributed by atoms with Crippen molar-refractivity contribution in [2.75, 3.05) is 32.8 Å². The van der Waals surface area contributed by atoms with Crippen molar-refractivity contribution < 1.29 is 17.9 Å². The molecule has 0 saturated carbocycles. The topological polar surface area (TPSA) is 90.7 Å². The van der Waals surface area contributed by atoms with Gasteiger partial charge in [-0.2, -0.15) is 9.57 Å². The van der Waals surface area contributed by atoms with Crippen LogP contribution in [-0.2, 0) is 19.6 Å². The maximum atomic E-state index is 12.7. The molecular weight excluding hydrogens is 390 g/mol. The molecule has 0 spiro atoms. The quantitative estimate of drug-likeness (QED) is 0.574. The minimum atomic E-state index is -3.50. The van der Waals surface area contributed by atoms with Crippen molar-refractivity contribution in [1.82, 2.24) is 9.21 Å². The number of ether oxygens (including phenoxy) is 1. The maximum Gasteiger partial charge on any atom is 0.246 e. The molecule has 0 N–H and O–H groups in total. The Labute approximate surface area is 173 Å². The number of nitrogens with zero attached hydrogens (tertiary/aromatic N) is 3. The summed E-state index contributed by atoms with van der Waals surface area (Å²) in [6.07, 6.45) is 4.98. The second kappa shape index (κ2) is 11.1. The van der Waals surface area contributed by atoms with Crippen LogP contribution in [0.3, 0.4) is 0 Å². The van der Waals surface area contributed by atoms with Crippen LogP contribution < -0.4 is 0 Å². The highest BCUT2D eigenvalue weighted by atomic mass is 32.2. The third-order valence-corrected chi connectivity index (χ3v) is 7.08. The Kier molecular flexibility index (Phi) is 8.83. The number of rotatable bonds is 9. The third kappa shape index (κ3) is 6.13. The summed E-state index contributed by atoms with van der Waals surface area (Å²) in [4.78, 5) is 14.7. The van der Waals surface area contributed by atoms with Gasteiger partial charge in [-0.1, -0.05) is 26.0 Å². The lowest BCUT2D eigenvalue weighted by molar-refractivity contribution is -0.130. The standard InChI is InChI=1S/C21H29N3O4S/c1-3-23(4-2)29(26,27)20-9-6-18(7-10-20)8-11-21(25)24(15-5-14-22)19-12-16-28-17-13-19/h6-11,19H,3-5,12-13,15-17H2,1-2H3/b11-8+. The molecule has 1 fully saturated rings. The van der Waals surface area contributed by atoms with Crippen LogP contribution in [0.5, 0.6) is 0 Å². The fraction of sp³-hybridized carbons (Fsp3) is 0.524. The van der Waals surface area contributed by atoms with E-state index < -0.39 is 10.0 Å². The first-order valence-electron chi connectivity index (χ1n) is 9.97. The summed E-state index contributed by atoms with van der Waals surface area (Å²) in [5, 5.41) is 8.89. The van der Waals surface area contributed by atoms with Crippen LogP contribution in [-0.4, -0.2) is 62.4 Å². The van der Waals surface area contributed by atoms with Gasteiger partial charge in [0.2, 0.25) is 15.9 Å². The lowest BCUT2D eigenvalue weighted by Crippen LogP contribution is -2.43. The number of nitriles is 1. The fourth-order valence-corrected chi connectivity index (χ4v) is 4.82. The molecule has 1 amide bonds. The Morgan fingerprint density at radius 3 is 2.38 bits per heavy atom. The van der Waals surface area contributed by atoms with Gasteiger partial charge in [0, 0.05) is 45.0 Å². The molecule has 0 aromatic heterocycles.